The first-order valence-electron chi connectivity index (χ1n) is 7.28. The standard InChI is InChI=1S/C15H17N5O2/c21-14(10-3-2-6-16-9-10)17-7-8-18-15(22)13-11-4-1-5-12(11)19-20-13/h2-3,6,9H,1,4-5,7-8H2,(H,17,21)(H,18,22)(H,19,20). The lowest BCUT2D eigenvalue weighted by molar-refractivity contribution is 0.0924. The smallest absolute Gasteiger partial charge is 0.272 e. The van der Waals surface area contributed by atoms with Crippen LogP contribution in [-0.2, 0) is 12.8 Å². The third-order valence-corrected chi connectivity index (χ3v) is 3.64. The highest BCUT2D eigenvalue weighted by Gasteiger charge is 2.22. The van der Waals surface area contributed by atoms with Crippen LogP contribution in [0.15, 0.2) is 24.5 Å². The number of aromatic amines is 1. The Hall–Kier alpha value is -2.70. The maximum absolute atomic E-state index is 12.1. The summed E-state index contributed by atoms with van der Waals surface area (Å²) in [5, 5.41) is 12.5. The molecule has 7 nitrogen and oxygen atoms in total. The Labute approximate surface area is 127 Å². The van der Waals surface area contributed by atoms with Gasteiger partial charge in [0.15, 0.2) is 5.69 Å². The number of carbonyl (C=O) groups is 2. The van der Waals surface area contributed by atoms with Gasteiger partial charge in [0, 0.05) is 36.7 Å². The zero-order valence-corrected chi connectivity index (χ0v) is 12.1. The van der Waals surface area contributed by atoms with Crippen LogP contribution in [0.5, 0.6) is 0 Å². The molecule has 0 aliphatic heterocycles. The van der Waals surface area contributed by atoms with Crippen LogP contribution in [0.4, 0.5) is 0 Å². The van der Waals surface area contributed by atoms with Crippen molar-refractivity contribution in [3.63, 3.8) is 0 Å². The molecule has 0 fully saturated rings. The van der Waals surface area contributed by atoms with Gasteiger partial charge in [0.05, 0.1) is 5.56 Å². The minimum Gasteiger partial charge on any atom is -0.350 e. The molecular formula is C15H17N5O2. The Kier molecular flexibility index (Phi) is 4.13. The number of amides is 2. The SMILES string of the molecule is O=C(NCCNC(=O)c1n[nH]c2c1CCC2)c1cccnc1. The first kappa shape index (κ1) is 14.2. The second-order valence-corrected chi connectivity index (χ2v) is 5.14. The molecule has 114 valence electrons. The molecule has 7 heteroatoms. The molecule has 0 radical (unpaired) electrons. The van der Waals surface area contributed by atoms with E-state index in [1.54, 1.807) is 18.3 Å². The number of pyridine rings is 1. The molecule has 0 unspecified atom stereocenters. The topological polar surface area (TPSA) is 99.8 Å². The number of aromatic nitrogens is 3. The maximum atomic E-state index is 12.1. The van der Waals surface area contributed by atoms with Gasteiger partial charge in [0.25, 0.3) is 11.8 Å². The summed E-state index contributed by atoms with van der Waals surface area (Å²) in [4.78, 5) is 27.7. The van der Waals surface area contributed by atoms with Crippen LogP contribution in [-0.4, -0.2) is 40.1 Å². The van der Waals surface area contributed by atoms with Gasteiger partial charge in [0.1, 0.15) is 0 Å². The average molecular weight is 299 g/mol. The van der Waals surface area contributed by atoms with E-state index in [0.29, 0.717) is 24.3 Å². The van der Waals surface area contributed by atoms with Crippen LogP contribution in [0.3, 0.4) is 0 Å². The lowest BCUT2D eigenvalue weighted by atomic mass is 10.2. The van der Waals surface area contributed by atoms with Crippen LogP contribution >= 0.6 is 0 Å². The van der Waals surface area contributed by atoms with Gasteiger partial charge in [-0.2, -0.15) is 5.10 Å². The van der Waals surface area contributed by atoms with Crippen molar-refractivity contribution in [3.05, 3.63) is 47.0 Å². The van der Waals surface area contributed by atoms with Crippen LogP contribution in [0, 0.1) is 0 Å². The van der Waals surface area contributed by atoms with Crippen molar-refractivity contribution in [2.75, 3.05) is 13.1 Å². The summed E-state index contributed by atoms with van der Waals surface area (Å²) in [5.74, 6) is -0.405. The summed E-state index contributed by atoms with van der Waals surface area (Å²) in [6, 6.07) is 3.39. The van der Waals surface area contributed by atoms with E-state index in [2.05, 4.69) is 25.8 Å². The number of H-pyrrole nitrogens is 1. The maximum Gasteiger partial charge on any atom is 0.272 e. The average Bonchev–Trinajstić information content (AvgIpc) is 3.15. The molecule has 22 heavy (non-hydrogen) atoms. The number of carbonyl (C=O) groups excluding carboxylic acids is 2. The molecule has 0 saturated heterocycles. The Bertz CT molecular complexity index is 680. The third kappa shape index (κ3) is 2.98. The van der Waals surface area contributed by atoms with E-state index in [9.17, 15) is 9.59 Å². The molecule has 2 amide bonds. The Morgan fingerprint density at radius 3 is 2.77 bits per heavy atom. The number of hydrogen-bond donors (Lipinski definition) is 3. The Balaban J connectivity index is 1.45. The molecule has 0 aromatic carbocycles. The molecule has 3 N–H and O–H groups in total. The van der Waals surface area contributed by atoms with Gasteiger partial charge < -0.3 is 10.6 Å². The van der Waals surface area contributed by atoms with Crippen molar-refractivity contribution in [1.82, 2.24) is 25.8 Å². The molecule has 0 spiro atoms. The molecule has 1 aliphatic carbocycles. The van der Waals surface area contributed by atoms with Crippen molar-refractivity contribution >= 4 is 11.8 Å². The van der Waals surface area contributed by atoms with E-state index in [0.717, 1.165) is 30.5 Å². The van der Waals surface area contributed by atoms with E-state index in [1.165, 1.54) is 6.20 Å². The highest BCUT2D eigenvalue weighted by Crippen LogP contribution is 2.22. The van der Waals surface area contributed by atoms with Gasteiger partial charge in [-0.25, -0.2) is 0 Å². The quantitative estimate of drug-likeness (QED) is 0.698. The number of aryl methyl sites for hydroxylation is 1. The van der Waals surface area contributed by atoms with Crippen molar-refractivity contribution in [1.29, 1.82) is 0 Å². The van der Waals surface area contributed by atoms with Crippen LogP contribution < -0.4 is 10.6 Å². The zero-order valence-electron chi connectivity index (χ0n) is 12.1. The largest absolute Gasteiger partial charge is 0.350 e. The summed E-state index contributed by atoms with van der Waals surface area (Å²) < 4.78 is 0. The summed E-state index contributed by atoms with van der Waals surface area (Å²) in [6.07, 6.45) is 6.02. The molecule has 0 bridgehead atoms. The Morgan fingerprint density at radius 1 is 1.18 bits per heavy atom. The summed E-state index contributed by atoms with van der Waals surface area (Å²) in [7, 11) is 0. The second-order valence-electron chi connectivity index (χ2n) is 5.14. The second kappa shape index (κ2) is 6.38. The van der Waals surface area contributed by atoms with Gasteiger partial charge in [-0.1, -0.05) is 0 Å². The Morgan fingerprint density at radius 2 is 2.00 bits per heavy atom. The first-order chi connectivity index (χ1) is 10.8. The van der Waals surface area contributed by atoms with Gasteiger partial charge in [-0.3, -0.25) is 19.7 Å². The minimum atomic E-state index is -0.206. The van der Waals surface area contributed by atoms with E-state index in [1.807, 2.05) is 0 Å². The monoisotopic (exact) mass is 299 g/mol. The van der Waals surface area contributed by atoms with Crippen LogP contribution in [0.25, 0.3) is 0 Å². The molecule has 1 aliphatic rings. The van der Waals surface area contributed by atoms with E-state index >= 15 is 0 Å². The van der Waals surface area contributed by atoms with E-state index in [4.69, 9.17) is 0 Å². The molecule has 2 aromatic heterocycles. The van der Waals surface area contributed by atoms with Gasteiger partial charge >= 0.3 is 0 Å². The van der Waals surface area contributed by atoms with Crippen molar-refractivity contribution in [2.24, 2.45) is 0 Å². The summed E-state index contributed by atoms with van der Waals surface area (Å²) >= 11 is 0. The first-order valence-corrected chi connectivity index (χ1v) is 7.28. The number of hydrogen-bond acceptors (Lipinski definition) is 4. The summed E-state index contributed by atoms with van der Waals surface area (Å²) in [5.41, 5.74) is 3.07. The van der Waals surface area contributed by atoms with Crippen LogP contribution in [0.1, 0.15) is 38.5 Å². The molecule has 3 rings (SSSR count). The number of rotatable bonds is 5. The fourth-order valence-electron chi connectivity index (χ4n) is 2.54. The number of nitrogens with one attached hydrogen (secondary N) is 3. The predicted octanol–water partition coefficient (Wildman–Crippen LogP) is 0.453. The minimum absolute atomic E-state index is 0.199. The number of fused-ring (bicyclic) bond motifs is 1. The summed E-state index contributed by atoms with van der Waals surface area (Å²) in [6.45, 7) is 0.707. The lowest BCUT2D eigenvalue weighted by Gasteiger charge is -2.06. The lowest BCUT2D eigenvalue weighted by Crippen LogP contribution is -2.35. The van der Waals surface area contributed by atoms with Crippen molar-refractivity contribution < 1.29 is 9.59 Å². The van der Waals surface area contributed by atoms with E-state index in [-0.39, 0.29) is 11.8 Å². The van der Waals surface area contributed by atoms with Crippen molar-refractivity contribution in [3.8, 4) is 0 Å². The van der Waals surface area contributed by atoms with Crippen molar-refractivity contribution in [2.45, 2.75) is 19.3 Å². The fraction of sp³-hybridized carbons (Fsp3) is 0.333. The molecule has 0 atom stereocenters. The van der Waals surface area contributed by atoms with Gasteiger partial charge in [-0.05, 0) is 31.4 Å². The molecule has 2 aromatic rings. The fourth-order valence-corrected chi connectivity index (χ4v) is 2.54. The third-order valence-electron chi connectivity index (χ3n) is 3.64. The zero-order chi connectivity index (χ0) is 15.4. The van der Waals surface area contributed by atoms with Gasteiger partial charge in [0.2, 0.25) is 0 Å². The highest BCUT2D eigenvalue weighted by molar-refractivity contribution is 5.95. The van der Waals surface area contributed by atoms with Gasteiger partial charge in [-0.15, -0.1) is 0 Å². The van der Waals surface area contributed by atoms with Crippen LogP contribution in [0.2, 0.25) is 0 Å². The molecular weight excluding hydrogens is 282 g/mol. The number of nitrogens with zero attached hydrogens (tertiary/aromatic N) is 2. The molecule has 2 heterocycles. The normalized spacial score (nSPS) is 12.7. The highest BCUT2D eigenvalue weighted by atomic mass is 16.2. The predicted molar refractivity (Wildman–Crippen MR) is 79.5 cm³/mol. The molecule has 0 saturated carbocycles. The van der Waals surface area contributed by atoms with E-state index < -0.39 is 0 Å².